The molecule has 0 aliphatic rings. The van der Waals surface area contributed by atoms with Gasteiger partial charge in [-0.05, 0) is 0 Å². The van der Waals surface area contributed by atoms with E-state index >= 15 is 0 Å². The van der Waals surface area contributed by atoms with E-state index in [1.54, 1.807) is 6.07 Å². The van der Waals surface area contributed by atoms with E-state index in [2.05, 4.69) is 0 Å². The molecule has 0 aliphatic heterocycles. The Balaban J connectivity index is 2.96. The van der Waals surface area contributed by atoms with Crippen LogP contribution in [0.25, 0.3) is 0 Å². The van der Waals surface area contributed by atoms with Crippen molar-refractivity contribution in [1.29, 1.82) is 0 Å². The molecule has 0 spiro atoms. The van der Waals surface area contributed by atoms with E-state index in [4.69, 9.17) is 9.52 Å². The molecule has 1 rings (SSSR count). The van der Waals surface area contributed by atoms with E-state index in [9.17, 15) is 0 Å². The van der Waals surface area contributed by atoms with E-state index in [0.29, 0.717) is 0 Å². The summed E-state index contributed by atoms with van der Waals surface area (Å²) in [5, 5.41) is 8.92. The quantitative estimate of drug-likeness (QED) is 0.599. The fourth-order valence-electron chi connectivity index (χ4n) is 0.719. The summed E-state index contributed by atoms with van der Waals surface area (Å²) in [5.74, 6) is 1.01. The van der Waals surface area contributed by atoms with Gasteiger partial charge in [-0.25, -0.2) is 0 Å². The van der Waals surface area contributed by atoms with Crippen LogP contribution in [0.15, 0.2) is 16.7 Å². The fraction of sp³-hybridized carbons (Fsp3) is 0.500. The van der Waals surface area contributed by atoms with Crippen LogP contribution < -0.4 is 0 Å². The van der Waals surface area contributed by atoms with Gasteiger partial charge in [0.05, 0.1) is 0 Å². The molecule has 1 N–H and O–H groups in total. The first-order chi connectivity index (χ1) is 4.50. The van der Waals surface area contributed by atoms with E-state index in [0.717, 1.165) is 5.76 Å². The summed E-state index contributed by atoms with van der Waals surface area (Å²) in [4.78, 5) is 0. The highest BCUT2D eigenvalue weighted by molar-refractivity contribution is 5.21. The SMILES string of the molecule is CC(C)(C)c1cc(O)co1. The minimum Gasteiger partial charge on any atom is -0.505 e. The first-order valence-corrected chi connectivity index (χ1v) is 3.28. The summed E-state index contributed by atoms with van der Waals surface area (Å²) in [5.41, 5.74) is -0.0129. The second kappa shape index (κ2) is 2.04. The maximum absolute atomic E-state index is 8.92. The molecular weight excluding hydrogens is 128 g/mol. The molecule has 0 atom stereocenters. The van der Waals surface area contributed by atoms with E-state index < -0.39 is 0 Å². The van der Waals surface area contributed by atoms with Crippen molar-refractivity contribution in [1.82, 2.24) is 0 Å². The molecule has 10 heavy (non-hydrogen) atoms. The van der Waals surface area contributed by atoms with E-state index in [-0.39, 0.29) is 11.2 Å². The highest BCUT2D eigenvalue weighted by Crippen LogP contribution is 2.26. The molecule has 2 nitrogen and oxygen atoms in total. The molecule has 0 aromatic carbocycles. The van der Waals surface area contributed by atoms with Crippen LogP contribution in [-0.2, 0) is 5.41 Å². The Morgan fingerprint density at radius 1 is 1.40 bits per heavy atom. The summed E-state index contributed by atoms with van der Waals surface area (Å²) in [6.45, 7) is 6.10. The lowest BCUT2D eigenvalue weighted by atomic mass is 9.94. The van der Waals surface area contributed by atoms with E-state index in [1.165, 1.54) is 6.26 Å². The van der Waals surface area contributed by atoms with Gasteiger partial charge in [0.25, 0.3) is 0 Å². The van der Waals surface area contributed by atoms with Crippen molar-refractivity contribution in [2.45, 2.75) is 26.2 Å². The van der Waals surface area contributed by atoms with Gasteiger partial charge >= 0.3 is 0 Å². The normalized spacial score (nSPS) is 11.9. The lowest BCUT2D eigenvalue weighted by Gasteiger charge is -2.13. The summed E-state index contributed by atoms with van der Waals surface area (Å²) >= 11 is 0. The Morgan fingerprint density at radius 3 is 2.20 bits per heavy atom. The smallest absolute Gasteiger partial charge is 0.154 e. The van der Waals surface area contributed by atoms with Crippen molar-refractivity contribution in [3.8, 4) is 5.75 Å². The lowest BCUT2D eigenvalue weighted by molar-refractivity contribution is 0.403. The average Bonchev–Trinajstić information content (AvgIpc) is 2.11. The molecule has 1 aromatic rings. The van der Waals surface area contributed by atoms with Crippen LogP contribution in [0.5, 0.6) is 5.75 Å². The van der Waals surface area contributed by atoms with E-state index in [1.807, 2.05) is 20.8 Å². The topological polar surface area (TPSA) is 33.4 Å². The fourth-order valence-corrected chi connectivity index (χ4v) is 0.719. The number of furan rings is 1. The molecule has 0 aliphatic carbocycles. The standard InChI is InChI=1S/C8H12O2/c1-8(2,3)7-4-6(9)5-10-7/h4-5,9H,1-3H3. The van der Waals surface area contributed by atoms with Gasteiger partial charge in [0.2, 0.25) is 0 Å². The zero-order chi connectivity index (χ0) is 7.78. The highest BCUT2D eigenvalue weighted by atomic mass is 16.4. The van der Waals surface area contributed by atoms with Crippen LogP contribution in [-0.4, -0.2) is 5.11 Å². The largest absolute Gasteiger partial charge is 0.505 e. The Morgan fingerprint density at radius 2 is 2.00 bits per heavy atom. The molecule has 1 heterocycles. The minimum absolute atomic E-state index is 0.0129. The van der Waals surface area contributed by atoms with Gasteiger partial charge in [-0.15, -0.1) is 0 Å². The van der Waals surface area contributed by atoms with Gasteiger partial charge in [0.1, 0.15) is 12.0 Å². The number of hydrogen-bond acceptors (Lipinski definition) is 2. The monoisotopic (exact) mass is 140 g/mol. The van der Waals surface area contributed by atoms with Crippen molar-refractivity contribution < 1.29 is 9.52 Å². The third kappa shape index (κ3) is 1.32. The molecule has 56 valence electrons. The summed E-state index contributed by atoms with van der Waals surface area (Å²) < 4.78 is 5.08. The van der Waals surface area contributed by atoms with Crippen molar-refractivity contribution in [2.75, 3.05) is 0 Å². The van der Waals surface area contributed by atoms with Crippen LogP contribution in [0, 0.1) is 0 Å². The third-order valence-electron chi connectivity index (χ3n) is 1.32. The van der Waals surface area contributed by atoms with Crippen LogP contribution in [0.2, 0.25) is 0 Å². The summed E-state index contributed by atoms with van der Waals surface area (Å²) in [6, 6.07) is 1.64. The zero-order valence-corrected chi connectivity index (χ0v) is 6.51. The first kappa shape index (κ1) is 7.19. The van der Waals surface area contributed by atoms with Gasteiger partial charge in [0, 0.05) is 11.5 Å². The van der Waals surface area contributed by atoms with Crippen molar-refractivity contribution in [3.63, 3.8) is 0 Å². The van der Waals surface area contributed by atoms with Gasteiger partial charge < -0.3 is 9.52 Å². The second-order valence-corrected chi connectivity index (χ2v) is 3.42. The lowest BCUT2D eigenvalue weighted by Crippen LogP contribution is -2.08. The Bertz CT molecular complexity index is 217. The zero-order valence-electron chi connectivity index (χ0n) is 6.51. The Kier molecular flexibility index (Phi) is 1.47. The number of aromatic hydroxyl groups is 1. The van der Waals surface area contributed by atoms with Crippen LogP contribution >= 0.6 is 0 Å². The maximum Gasteiger partial charge on any atom is 0.154 e. The molecule has 1 aromatic heterocycles. The van der Waals surface area contributed by atoms with Crippen LogP contribution in [0.1, 0.15) is 26.5 Å². The van der Waals surface area contributed by atoms with Gasteiger partial charge in [-0.3, -0.25) is 0 Å². The molecule has 0 amide bonds. The first-order valence-electron chi connectivity index (χ1n) is 3.28. The van der Waals surface area contributed by atoms with Crippen molar-refractivity contribution >= 4 is 0 Å². The Hall–Kier alpha value is -0.920. The van der Waals surface area contributed by atoms with Crippen LogP contribution in [0.4, 0.5) is 0 Å². The van der Waals surface area contributed by atoms with Crippen LogP contribution in [0.3, 0.4) is 0 Å². The van der Waals surface area contributed by atoms with Crippen molar-refractivity contribution in [2.24, 2.45) is 0 Å². The predicted molar refractivity (Wildman–Crippen MR) is 39.1 cm³/mol. The molecule has 0 saturated heterocycles. The molecular formula is C8H12O2. The number of rotatable bonds is 0. The highest BCUT2D eigenvalue weighted by Gasteiger charge is 2.17. The van der Waals surface area contributed by atoms with Gasteiger partial charge in [-0.2, -0.15) is 0 Å². The number of hydrogen-bond donors (Lipinski definition) is 1. The minimum atomic E-state index is -0.0129. The van der Waals surface area contributed by atoms with Gasteiger partial charge in [0.15, 0.2) is 5.75 Å². The molecule has 0 fully saturated rings. The molecule has 0 bridgehead atoms. The average molecular weight is 140 g/mol. The molecule has 0 saturated carbocycles. The molecule has 2 heteroatoms. The summed E-state index contributed by atoms with van der Waals surface area (Å²) in [6.07, 6.45) is 1.35. The third-order valence-corrected chi connectivity index (χ3v) is 1.32. The maximum atomic E-state index is 8.92. The molecule has 0 unspecified atom stereocenters. The second-order valence-electron chi connectivity index (χ2n) is 3.42. The van der Waals surface area contributed by atoms with Gasteiger partial charge in [-0.1, -0.05) is 20.8 Å². The summed E-state index contributed by atoms with van der Waals surface area (Å²) in [7, 11) is 0. The Labute approximate surface area is 60.5 Å². The predicted octanol–water partition coefficient (Wildman–Crippen LogP) is 2.28. The van der Waals surface area contributed by atoms with Crippen molar-refractivity contribution in [3.05, 3.63) is 18.1 Å². The molecule has 0 radical (unpaired) electrons.